The second-order valence-corrected chi connectivity index (χ2v) is 5.92. The van der Waals surface area contributed by atoms with Gasteiger partial charge in [-0.25, -0.2) is 0 Å². The van der Waals surface area contributed by atoms with Crippen LogP contribution in [0.25, 0.3) is 6.08 Å². The highest BCUT2D eigenvalue weighted by molar-refractivity contribution is 6.55. The fourth-order valence-electron chi connectivity index (χ4n) is 1.98. The lowest BCUT2D eigenvalue weighted by Crippen LogP contribution is -2.41. The molecule has 1 aromatic carbocycles. The summed E-state index contributed by atoms with van der Waals surface area (Å²) in [5, 5.41) is 0. The molecule has 1 heterocycles. The Kier molecular flexibility index (Phi) is 3.86. The van der Waals surface area contributed by atoms with Crippen LogP contribution in [0, 0.1) is 0 Å². The largest absolute Gasteiger partial charge is 0.491 e. The standard InChI is InChI=1S/C15H22BNO2/c1-14(2)15(3,4)19-16(18-14)13(11-17)10-12-8-6-5-7-9-12/h5-10H,11,17H2,1-4H3. The maximum Gasteiger partial charge on any atom is 0.491 e. The molecule has 0 atom stereocenters. The third kappa shape index (κ3) is 2.91. The average Bonchev–Trinajstić information content (AvgIpc) is 2.56. The molecule has 1 aliphatic rings. The van der Waals surface area contributed by atoms with E-state index in [1.807, 2.05) is 64.1 Å². The third-order valence-electron chi connectivity index (χ3n) is 3.94. The molecule has 0 aliphatic carbocycles. The average molecular weight is 259 g/mol. The van der Waals surface area contributed by atoms with Crippen LogP contribution in [0.1, 0.15) is 33.3 Å². The van der Waals surface area contributed by atoms with Gasteiger partial charge in [0.15, 0.2) is 0 Å². The summed E-state index contributed by atoms with van der Waals surface area (Å²) in [6.45, 7) is 8.60. The minimum atomic E-state index is -0.366. The maximum atomic E-state index is 6.02. The molecule has 3 nitrogen and oxygen atoms in total. The molecule has 0 amide bonds. The monoisotopic (exact) mass is 259 g/mol. The van der Waals surface area contributed by atoms with Crippen molar-refractivity contribution in [3.05, 3.63) is 41.4 Å². The van der Waals surface area contributed by atoms with E-state index < -0.39 is 0 Å². The number of rotatable bonds is 3. The molecule has 1 aromatic rings. The van der Waals surface area contributed by atoms with Crippen molar-refractivity contribution < 1.29 is 9.31 Å². The number of benzene rings is 1. The van der Waals surface area contributed by atoms with Crippen molar-refractivity contribution in [2.24, 2.45) is 5.73 Å². The van der Waals surface area contributed by atoms with E-state index in [-0.39, 0.29) is 18.3 Å². The molecular weight excluding hydrogens is 237 g/mol. The van der Waals surface area contributed by atoms with E-state index in [1.54, 1.807) is 0 Å². The summed E-state index contributed by atoms with van der Waals surface area (Å²) in [5.41, 5.74) is 7.26. The van der Waals surface area contributed by atoms with Gasteiger partial charge in [-0.05, 0) is 38.7 Å². The molecule has 102 valence electrons. The Balaban J connectivity index is 2.23. The molecule has 1 fully saturated rings. The van der Waals surface area contributed by atoms with Crippen LogP contribution < -0.4 is 5.73 Å². The normalized spacial score (nSPS) is 21.7. The molecule has 2 N–H and O–H groups in total. The van der Waals surface area contributed by atoms with Gasteiger partial charge in [0.1, 0.15) is 0 Å². The van der Waals surface area contributed by atoms with Crippen LogP contribution in [0.5, 0.6) is 0 Å². The predicted octanol–water partition coefficient (Wildman–Crippen LogP) is 2.66. The van der Waals surface area contributed by atoms with Crippen molar-refractivity contribution in [2.75, 3.05) is 6.54 Å². The summed E-state index contributed by atoms with van der Waals surface area (Å²) < 4.78 is 12.0. The van der Waals surface area contributed by atoms with Crippen molar-refractivity contribution in [1.82, 2.24) is 0 Å². The first-order valence-corrected chi connectivity index (χ1v) is 6.67. The second-order valence-electron chi connectivity index (χ2n) is 5.92. The molecule has 0 radical (unpaired) electrons. The number of nitrogens with two attached hydrogens (primary N) is 1. The predicted molar refractivity (Wildman–Crippen MR) is 79.6 cm³/mol. The van der Waals surface area contributed by atoms with Crippen molar-refractivity contribution in [1.29, 1.82) is 0 Å². The highest BCUT2D eigenvalue weighted by Crippen LogP contribution is 2.38. The molecule has 0 unspecified atom stereocenters. The van der Waals surface area contributed by atoms with Crippen LogP contribution >= 0.6 is 0 Å². The van der Waals surface area contributed by atoms with E-state index >= 15 is 0 Å². The topological polar surface area (TPSA) is 44.5 Å². The smallest absolute Gasteiger partial charge is 0.400 e. The number of hydrogen-bond acceptors (Lipinski definition) is 3. The first kappa shape index (κ1) is 14.3. The summed E-state index contributed by atoms with van der Waals surface area (Å²) in [5.74, 6) is 0. The fraction of sp³-hybridized carbons (Fsp3) is 0.467. The van der Waals surface area contributed by atoms with Crippen molar-refractivity contribution >= 4 is 13.2 Å². The quantitative estimate of drug-likeness (QED) is 0.849. The Bertz CT molecular complexity index is 452. The summed E-state index contributed by atoms with van der Waals surface area (Å²) in [7, 11) is -0.366. The van der Waals surface area contributed by atoms with Gasteiger partial charge >= 0.3 is 7.12 Å². The van der Waals surface area contributed by atoms with Gasteiger partial charge in [0, 0.05) is 6.54 Å². The van der Waals surface area contributed by atoms with E-state index in [4.69, 9.17) is 15.0 Å². The Morgan fingerprint density at radius 2 is 1.63 bits per heavy atom. The molecule has 2 rings (SSSR count). The molecule has 1 aliphatic heterocycles. The molecule has 0 aromatic heterocycles. The van der Waals surface area contributed by atoms with Crippen LogP contribution in [-0.2, 0) is 9.31 Å². The minimum absolute atomic E-state index is 0.331. The van der Waals surface area contributed by atoms with E-state index in [1.165, 1.54) is 0 Å². The first-order valence-electron chi connectivity index (χ1n) is 6.67. The van der Waals surface area contributed by atoms with Gasteiger partial charge in [-0.15, -0.1) is 0 Å². The van der Waals surface area contributed by atoms with Crippen LogP contribution in [0.4, 0.5) is 0 Å². The second kappa shape index (κ2) is 5.12. The zero-order valence-electron chi connectivity index (χ0n) is 12.1. The Labute approximate surface area is 115 Å². The molecule has 0 bridgehead atoms. The maximum absolute atomic E-state index is 6.02. The lowest BCUT2D eigenvalue weighted by molar-refractivity contribution is 0.00578. The summed E-state index contributed by atoms with van der Waals surface area (Å²) in [6, 6.07) is 10.1. The molecule has 19 heavy (non-hydrogen) atoms. The minimum Gasteiger partial charge on any atom is -0.400 e. The van der Waals surface area contributed by atoms with E-state index in [9.17, 15) is 0 Å². The lowest BCUT2D eigenvalue weighted by Gasteiger charge is -2.32. The molecule has 0 spiro atoms. The van der Waals surface area contributed by atoms with Crippen LogP contribution in [-0.4, -0.2) is 24.9 Å². The van der Waals surface area contributed by atoms with Crippen LogP contribution in [0.15, 0.2) is 35.8 Å². The Morgan fingerprint density at radius 1 is 1.11 bits per heavy atom. The van der Waals surface area contributed by atoms with Gasteiger partial charge < -0.3 is 15.0 Å². The van der Waals surface area contributed by atoms with Gasteiger partial charge in [0.25, 0.3) is 0 Å². The van der Waals surface area contributed by atoms with Crippen LogP contribution in [0.2, 0.25) is 0 Å². The van der Waals surface area contributed by atoms with Gasteiger partial charge in [-0.3, -0.25) is 0 Å². The van der Waals surface area contributed by atoms with Gasteiger partial charge in [0.05, 0.1) is 11.2 Å². The molecule has 4 heteroatoms. The molecule has 0 saturated carbocycles. The van der Waals surface area contributed by atoms with Crippen molar-refractivity contribution in [3.8, 4) is 0 Å². The third-order valence-corrected chi connectivity index (χ3v) is 3.94. The van der Waals surface area contributed by atoms with E-state index in [2.05, 4.69) is 0 Å². The van der Waals surface area contributed by atoms with E-state index in [0.717, 1.165) is 11.0 Å². The first-order chi connectivity index (χ1) is 8.86. The van der Waals surface area contributed by atoms with Crippen molar-refractivity contribution in [3.63, 3.8) is 0 Å². The van der Waals surface area contributed by atoms with Gasteiger partial charge in [-0.2, -0.15) is 0 Å². The van der Waals surface area contributed by atoms with E-state index in [0.29, 0.717) is 6.54 Å². The highest BCUT2D eigenvalue weighted by Gasteiger charge is 2.52. The number of hydrogen-bond donors (Lipinski definition) is 1. The molecule has 1 saturated heterocycles. The zero-order valence-corrected chi connectivity index (χ0v) is 12.1. The fourth-order valence-corrected chi connectivity index (χ4v) is 1.98. The summed E-state index contributed by atoms with van der Waals surface area (Å²) in [4.78, 5) is 0. The Morgan fingerprint density at radius 3 is 2.11 bits per heavy atom. The van der Waals surface area contributed by atoms with Crippen molar-refractivity contribution in [2.45, 2.75) is 38.9 Å². The van der Waals surface area contributed by atoms with Crippen LogP contribution in [0.3, 0.4) is 0 Å². The summed E-state index contributed by atoms with van der Waals surface area (Å²) >= 11 is 0. The summed E-state index contributed by atoms with van der Waals surface area (Å²) in [6.07, 6.45) is 2.04. The SMILES string of the molecule is CC1(C)OB(C(=Cc2ccccc2)CN)OC1(C)C. The Hall–Kier alpha value is -1.10. The zero-order chi connectivity index (χ0) is 14.1. The lowest BCUT2D eigenvalue weighted by atomic mass is 9.77. The van der Waals surface area contributed by atoms with Gasteiger partial charge in [-0.1, -0.05) is 36.4 Å². The molecular formula is C15H22BNO2. The highest BCUT2D eigenvalue weighted by atomic mass is 16.7. The van der Waals surface area contributed by atoms with Gasteiger partial charge in [0.2, 0.25) is 0 Å².